The predicted octanol–water partition coefficient (Wildman–Crippen LogP) is 4.80. The van der Waals surface area contributed by atoms with Gasteiger partial charge < -0.3 is 20.7 Å². The molecule has 33 heavy (non-hydrogen) atoms. The van der Waals surface area contributed by atoms with E-state index in [2.05, 4.69) is 29.9 Å². The first kappa shape index (κ1) is 22.5. The molecule has 0 bridgehead atoms. The number of hydrogen-bond acceptors (Lipinski definition) is 7. The summed E-state index contributed by atoms with van der Waals surface area (Å²) in [4.78, 5) is 12.8. The molecule has 4 rings (SSSR count). The highest BCUT2D eigenvalue weighted by Gasteiger charge is 2.13. The molecule has 8 nitrogen and oxygen atoms in total. The van der Waals surface area contributed by atoms with E-state index < -0.39 is 9.73 Å². The third kappa shape index (κ3) is 5.57. The quantitative estimate of drug-likeness (QED) is 0.299. The van der Waals surface area contributed by atoms with E-state index in [1.165, 1.54) is 0 Å². The Balaban J connectivity index is 1.57. The minimum atomic E-state index is -2.58. The van der Waals surface area contributed by atoms with Crippen molar-refractivity contribution in [3.63, 3.8) is 0 Å². The summed E-state index contributed by atoms with van der Waals surface area (Å²) in [5.74, 6) is 1.00. The number of hydrogen-bond donors (Lipinski definition) is 4. The largest absolute Gasteiger partial charge is 0.394 e. The van der Waals surface area contributed by atoms with Crippen molar-refractivity contribution in [1.29, 1.82) is 0 Å². The topological polar surface area (TPSA) is 115 Å². The van der Waals surface area contributed by atoms with Gasteiger partial charge in [-0.15, -0.1) is 0 Å². The third-order valence-electron chi connectivity index (χ3n) is 4.92. The molecule has 0 radical (unpaired) electrons. The van der Waals surface area contributed by atoms with Crippen LogP contribution in [0.5, 0.6) is 0 Å². The maximum absolute atomic E-state index is 13.1. The molecule has 0 aliphatic heterocycles. The maximum atomic E-state index is 13.1. The molecule has 0 aliphatic rings. The summed E-state index contributed by atoms with van der Waals surface area (Å²) in [6, 6.07) is 20.2. The Morgan fingerprint density at radius 1 is 1.09 bits per heavy atom. The van der Waals surface area contributed by atoms with Crippen molar-refractivity contribution in [2.75, 3.05) is 23.5 Å². The summed E-state index contributed by atoms with van der Waals surface area (Å²) in [5.41, 5.74) is 3.11. The van der Waals surface area contributed by atoms with Gasteiger partial charge in [0.2, 0.25) is 5.95 Å². The highest BCUT2D eigenvalue weighted by Crippen LogP contribution is 2.27. The van der Waals surface area contributed by atoms with Gasteiger partial charge in [0, 0.05) is 35.3 Å². The Kier molecular flexibility index (Phi) is 6.71. The number of H-pyrrole nitrogens is 1. The fraction of sp³-hybridized carbons (Fsp3) is 0.167. The van der Waals surface area contributed by atoms with Crippen molar-refractivity contribution in [3.05, 3.63) is 79.1 Å². The number of nitrogens with one attached hydrogen (secondary N) is 3. The summed E-state index contributed by atoms with van der Waals surface area (Å²) in [6.07, 6.45) is 5.18. The third-order valence-corrected chi connectivity index (χ3v) is 6.62. The molecule has 0 amide bonds. The molecule has 2 aromatic carbocycles. The molecule has 1 unspecified atom stereocenters. The van der Waals surface area contributed by atoms with E-state index in [0.29, 0.717) is 22.3 Å². The minimum Gasteiger partial charge on any atom is -0.394 e. The van der Waals surface area contributed by atoms with E-state index in [9.17, 15) is 9.32 Å². The molecular formula is C24H26N6O2S. The van der Waals surface area contributed by atoms with Crippen LogP contribution in [0.25, 0.3) is 11.3 Å². The van der Waals surface area contributed by atoms with Crippen molar-refractivity contribution in [2.45, 2.75) is 17.9 Å². The van der Waals surface area contributed by atoms with E-state index in [1.807, 2.05) is 67.7 Å². The van der Waals surface area contributed by atoms with Gasteiger partial charge in [-0.25, -0.2) is 9.19 Å². The summed E-state index contributed by atoms with van der Waals surface area (Å²) in [5, 5.41) is 15.8. The lowest BCUT2D eigenvalue weighted by atomic mass is 10.2. The molecular weight excluding hydrogens is 436 g/mol. The van der Waals surface area contributed by atoms with Crippen molar-refractivity contribution in [1.82, 2.24) is 15.0 Å². The standard InChI is InChI=1S/C24H26N6O2S/c1-17(16-31)27-23-21(22-9-6-14-25-22)15-26-24(29-23)28-18-10-12-20(13-11-18)33(2,32)30-19-7-4-3-5-8-19/h3-15,17,25,31H,16H2,1-2H3,(H2,26,27,28,29)/t17-,33?/m1/s1. The van der Waals surface area contributed by atoms with Gasteiger partial charge in [-0.1, -0.05) is 18.2 Å². The molecule has 0 saturated carbocycles. The molecule has 0 saturated heterocycles. The number of aliphatic hydroxyl groups excluding tert-OH is 1. The van der Waals surface area contributed by atoms with Crippen LogP contribution in [0.1, 0.15) is 6.92 Å². The smallest absolute Gasteiger partial charge is 0.229 e. The van der Waals surface area contributed by atoms with Gasteiger partial charge in [0.15, 0.2) is 0 Å². The van der Waals surface area contributed by atoms with E-state index in [-0.39, 0.29) is 12.6 Å². The highest BCUT2D eigenvalue weighted by molar-refractivity contribution is 7.93. The molecule has 0 aliphatic carbocycles. The lowest BCUT2D eigenvalue weighted by molar-refractivity contribution is 0.281. The van der Waals surface area contributed by atoms with E-state index in [4.69, 9.17) is 0 Å². The van der Waals surface area contributed by atoms with Gasteiger partial charge in [0.05, 0.1) is 33.3 Å². The number of rotatable bonds is 8. The first-order valence-corrected chi connectivity index (χ1v) is 12.4. The zero-order chi connectivity index (χ0) is 23.3. The van der Waals surface area contributed by atoms with Gasteiger partial charge >= 0.3 is 0 Å². The Morgan fingerprint density at radius 3 is 2.52 bits per heavy atom. The minimum absolute atomic E-state index is 0.0251. The van der Waals surface area contributed by atoms with Crippen LogP contribution in [0.15, 0.2) is 88.4 Å². The van der Waals surface area contributed by atoms with Crippen LogP contribution in [0.2, 0.25) is 0 Å². The predicted molar refractivity (Wildman–Crippen MR) is 133 cm³/mol. The average molecular weight is 463 g/mol. The molecule has 4 N–H and O–H groups in total. The van der Waals surface area contributed by atoms with Crippen molar-refractivity contribution >= 4 is 32.9 Å². The second kappa shape index (κ2) is 9.85. The number of aromatic nitrogens is 3. The number of nitrogens with zero attached hydrogens (tertiary/aromatic N) is 3. The van der Waals surface area contributed by atoms with Crippen molar-refractivity contribution in [3.8, 4) is 11.3 Å². The van der Waals surface area contributed by atoms with Crippen molar-refractivity contribution in [2.24, 2.45) is 4.36 Å². The molecule has 0 fully saturated rings. The zero-order valence-electron chi connectivity index (χ0n) is 18.4. The van der Waals surface area contributed by atoms with Crippen molar-refractivity contribution < 1.29 is 9.32 Å². The molecule has 2 aromatic heterocycles. The summed E-state index contributed by atoms with van der Waals surface area (Å²) in [6.45, 7) is 1.85. The van der Waals surface area contributed by atoms with E-state index in [1.54, 1.807) is 24.6 Å². The Hall–Kier alpha value is -3.69. The van der Waals surface area contributed by atoms with Crippen LogP contribution in [-0.4, -0.2) is 43.2 Å². The van der Waals surface area contributed by atoms with Crippen LogP contribution in [-0.2, 0) is 9.73 Å². The van der Waals surface area contributed by atoms with Gasteiger partial charge in [-0.2, -0.15) is 9.35 Å². The fourth-order valence-electron chi connectivity index (χ4n) is 3.19. The fourth-order valence-corrected chi connectivity index (χ4v) is 4.46. The Bertz CT molecular complexity index is 1320. The normalized spacial score (nSPS) is 13.7. The van der Waals surface area contributed by atoms with Gasteiger partial charge in [0.25, 0.3) is 0 Å². The lowest BCUT2D eigenvalue weighted by Crippen LogP contribution is -2.21. The van der Waals surface area contributed by atoms with Gasteiger partial charge in [-0.05, 0) is 55.5 Å². The monoisotopic (exact) mass is 462 g/mol. The maximum Gasteiger partial charge on any atom is 0.229 e. The molecule has 2 atom stereocenters. The van der Waals surface area contributed by atoms with Crippen LogP contribution < -0.4 is 10.6 Å². The number of benzene rings is 2. The second-order valence-electron chi connectivity index (χ2n) is 7.65. The molecule has 0 spiro atoms. The van der Waals surface area contributed by atoms with E-state index in [0.717, 1.165) is 16.9 Å². The number of aliphatic hydroxyl groups is 1. The summed E-state index contributed by atoms with van der Waals surface area (Å²) >= 11 is 0. The molecule has 9 heteroatoms. The SMILES string of the molecule is C[C@H](CO)Nc1nc(Nc2ccc(S(C)(=O)=Nc3ccccc3)cc2)ncc1-c1ccc[nH]1. The molecule has 2 heterocycles. The number of aromatic amines is 1. The zero-order valence-corrected chi connectivity index (χ0v) is 19.2. The first-order chi connectivity index (χ1) is 15.9. The Labute approximate surface area is 193 Å². The van der Waals surface area contributed by atoms with Crippen LogP contribution in [0.4, 0.5) is 23.1 Å². The van der Waals surface area contributed by atoms with Crippen LogP contribution in [0.3, 0.4) is 0 Å². The van der Waals surface area contributed by atoms with E-state index >= 15 is 0 Å². The molecule has 4 aromatic rings. The highest BCUT2D eigenvalue weighted by atomic mass is 32.2. The average Bonchev–Trinajstić information content (AvgIpc) is 3.35. The molecule has 170 valence electrons. The first-order valence-electron chi connectivity index (χ1n) is 10.5. The number of anilines is 3. The summed E-state index contributed by atoms with van der Waals surface area (Å²) < 4.78 is 17.5. The van der Waals surface area contributed by atoms with Crippen LogP contribution >= 0.6 is 0 Å². The lowest BCUT2D eigenvalue weighted by Gasteiger charge is -2.16. The Morgan fingerprint density at radius 2 is 1.85 bits per heavy atom. The van der Waals surface area contributed by atoms with Gasteiger partial charge in [-0.3, -0.25) is 0 Å². The second-order valence-corrected chi connectivity index (χ2v) is 9.91. The van der Waals surface area contributed by atoms with Crippen LogP contribution in [0, 0.1) is 0 Å². The summed E-state index contributed by atoms with van der Waals surface area (Å²) in [7, 11) is -2.58. The van der Waals surface area contributed by atoms with Gasteiger partial charge in [0.1, 0.15) is 5.82 Å².